The van der Waals surface area contributed by atoms with E-state index in [2.05, 4.69) is 0 Å². The van der Waals surface area contributed by atoms with Crippen LogP contribution in [-0.4, -0.2) is 18.1 Å². The van der Waals surface area contributed by atoms with Gasteiger partial charge in [-0.25, -0.2) is 4.39 Å². The second kappa shape index (κ2) is 6.65. The predicted molar refractivity (Wildman–Crippen MR) is 73.1 cm³/mol. The van der Waals surface area contributed by atoms with Crippen LogP contribution in [0.25, 0.3) is 0 Å². The van der Waals surface area contributed by atoms with Gasteiger partial charge in [-0.1, -0.05) is 12.8 Å². The third-order valence-electron chi connectivity index (χ3n) is 3.94. The molecule has 1 fully saturated rings. The number of rotatable bonds is 5. The summed E-state index contributed by atoms with van der Waals surface area (Å²) in [4.78, 5) is 10.3. The first-order valence-corrected chi connectivity index (χ1v) is 6.88. The Labute approximate surface area is 117 Å². The molecule has 6 heteroatoms. The summed E-state index contributed by atoms with van der Waals surface area (Å²) in [5, 5.41) is 10.9. The highest BCUT2D eigenvalue weighted by molar-refractivity contribution is 5.46. The van der Waals surface area contributed by atoms with E-state index in [0.29, 0.717) is 19.1 Å². The number of hydrogen-bond donors (Lipinski definition) is 1. The lowest BCUT2D eigenvalue weighted by molar-refractivity contribution is -0.386. The summed E-state index contributed by atoms with van der Waals surface area (Å²) in [6, 6.07) is 3.26. The van der Waals surface area contributed by atoms with Gasteiger partial charge in [-0.15, -0.1) is 0 Å². The quantitative estimate of drug-likeness (QED) is 0.665. The van der Waals surface area contributed by atoms with Gasteiger partial charge < -0.3 is 10.5 Å². The third kappa shape index (κ3) is 3.45. The lowest BCUT2D eigenvalue weighted by atomic mass is 9.80. The Morgan fingerprint density at radius 2 is 2.05 bits per heavy atom. The van der Waals surface area contributed by atoms with Crippen LogP contribution in [0.15, 0.2) is 18.2 Å². The van der Waals surface area contributed by atoms with Crippen molar-refractivity contribution in [3.05, 3.63) is 34.1 Å². The maximum Gasteiger partial charge on any atom is 0.311 e. The molecule has 110 valence electrons. The summed E-state index contributed by atoms with van der Waals surface area (Å²) in [6.45, 7) is 0.950. The van der Waals surface area contributed by atoms with Crippen molar-refractivity contribution in [1.82, 2.24) is 0 Å². The molecule has 1 saturated carbocycles. The minimum atomic E-state index is -0.559. The Hall–Kier alpha value is -1.69. The molecule has 1 aromatic carbocycles. The molecule has 2 unspecified atom stereocenters. The first kappa shape index (κ1) is 14.7. The molecule has 0 spiro atoms. The molecule has 0 aromatic heterocycles. The molecule has 5 nitrogen and oxygen atoms in total. The standard InChI is InChI=1S/C14H19FN2O3/c15-12-5-6-13(17(18)19)14(7-12)20-9-11-4-2-1-3-10(11)8-16/h5-7,10-11H,1-4,8-9,16H2. The molecular formula is C14H19FN2O3. The number of benzene rings is 1. The van der Waals surface area contributed by atoms with E-state index in [1.165, 1.54) is 6.42 Å². The van der Waals surface area contributed by atoms with Crippen LogP contribution in [0.5, 0.6) is 5.75 Å². The summed E-state index contributed by atoms with van der Waals surface area (Å²) >= 11 is 0. The molecule has 20 heavy (non-hydrogen) atoms. The number of nitrogens with two attached hydrogens (primary N) is 1. The largest absolute Gasteiger partial charge is 0.486 e. The number of nitrogens with zero attached hydrogens (tertiary/aromatic N) is 1. The molecule has 1 aromatic rings. The van der Waals surface area contributed by atoms with Crippen molar-refractivity contribution < 1.29 is 14.1 Å². The average molecular weight is 282 g/mol. The highest BCUT2D eigenvalue weighted by atomic mass is 19.1. The van der Waals surface area contributed by atoms with Crippen molar-refractivity contribution in [2.24, 2.45) is 17.6 Å². The van der Waals surface area contributed by atoms with E-state index < -0.39 is 10.7 Å². The van der Waals surface area contributed by atoms with Crippen LogP contribution in [0.1, 0.15) is 25.7 Å². The maximum absolute atomic E-state index is 13.2. The summed E-state index contributed by atoms with van der Waals surface area (Å²) in [7, 11) is 0. The summed E-state index contributed by atoms with van der Waals surface area (Å²) in [6.07, 6.45) is 4.36. The zero-order valence-corrected chi connectivity index (χ0v) is 11.3. The van der Waals surface area contributed by atoms with E-state index in [4.69, 9.17) is 10.5 Å². The first-order valence-electron chi connectivity index (χ1n) is 6.88. The molecule has 2 atom stereocenters. The Kier molecular flexibility index (Phi) is 4.89. The van der Waals surface area contributed by atoms with Gasteiger partial charge in [0.15, 0.2) is 5.75 Å². The van der Waals surface area contributed by atoms with E-state index in [1.54, 1.807) is 0 Å². The van der Waals surface area contributed by atoms with Crippen molar-refractivity contribution in [2.75, 3.05) is 13.2 Å². The lowest BCUT2D eigenvalue weighted by Gasteiger charge is -2.30. The van der Waals surface area contributed by atoms with Crippen molar-refractivity contribution in [1.29, 1.82) is 0 Å². The Bertz CT molecular complexity index is 481. The molecule has 2 N–H and O–H groups in total. The first-order chi connectivity index (χ1) is 9.61. The van der Waals surface area contributed by atoms with Crippen molar-refractivity contribution >= 4 is 5.69 Å². The molecule has 0 amide bonds. The average Bonchev–Trinajstić information content (AvgIpc) is 2.45. The van der Waals surface area contributed by atoms with Gasteiger partial charge in [0.05, 0.1) is 11.5 Å². The highest BCUT2D eigenvalue weighted by Gasteiger charge is 2.25. The van der Waals surface area contributed by atoms with Crippen LogP contribution in [0.4, 0.5) is 10.1 Å². The molecule has 0 heterocycles. The highest BCUT2D eigenvalue weighted by Crippen LogP contribution is 2.32. The zero-order chi connectivity index (χ0) is 14.5. The van der Waals surface area contributed by atoms with E-state index in [0.717, 1.165) is 37.5 Å². The fourth-order valence-electron chi connectivity index (χ4n) is 2.77. The van der Waals surface area contributed by atoms with Gasteiger partial charge in [-0.3, -0.25) is 10.1 Å². The lowest BCUT2D eigenvalue weighted by Crippen LogP contribution is -2.30. The van der Waals surface area contributed by atoms with E-state index in [-0.39, 0.29) is 17.4 Å². The Balaban J connectivity index is 2.06. The Morgan fingerprint density at radius 3 is 2.70 bits per heavy atom. The van der Waals surface area contributed by atoms with Crippen LogP contribution < -0.4 is 10.5 Å². The number of ether oxygens (including phenoxy) is 1. The molecule has 2 rings (SSSR count). The van der Waals surface area contributed by atoms with Crippen LogP contribution in [0, 0.1) is 27.8 Å². The Morgan fingerprint density at radius 1 is 1.35 bits per heavy atom. The third-order valence-corrected chi connectivity index (χ3v) is 3.94. The predicted octanol–water partition coefficient (Wildman–Crippen LogP) is 2.88. The summed E-state index contributed by atoms with van der Waals surface area (Å²) < 4.78 is 18.7. The number of nitro groups is 1. The van der Waals surface area contributed by atoms with Gasteiger partial charge in [-0.05, 0) is 37.3 Å². The molecular weight excluding hydrogens is 263 g/mol. The van der Waals surface area contributed by atoms with Crippen LogP contribution >= 0.6 is 0 Å². The van der Waals surface area contributed by atoms with E-state index in [1.807, 2.05) is 0 Å². The number of halogens is 1. The van der Waals surface area contributed by atoms with Crippen LogP contribution in [0.3, 0.4) is 0 Å². The van der Waals surface area contributed by atoms with E-state index >= 15 is 0 Å². The van der Waals surface area contributed by atoms with Crippen LogP contribution in [-0.2, 0) is 0 Å². The SMILES string of the molecule is NCC1CCCCC1COc1cc(F)ccc1[N+](=O)[O-]. The van der Waals surface area contributed by atoms with Crippen molar-refractivity contribution in [3.8, 4) is 5.75 Å². The normalized spacial score (nSPS) is 22.5. The molecule has 0 saturated heterocycles. The van der Waals surface area contributed by atoms with E-state index in [9.17, 15) is 14.5 Å². The van der Waals surface area contributed by atoms with Gasteiger partial charge in [0, 0.05) is 12.1 Å². The number of hydrogen-bond acceptors (Lipinski definition) is 4. The molecule has 0 aliphatic heterocycles. The van der Waals surface area contributed by atoms with Gasteiger partial charge in [0.1, 0.15) is 5.82 Å². The second-order valence-electron chi connectivity index (χ2n) is 5.22. The molecule has 1 aliphatic rings. The smallest absolute Gasteiger partial charge is 0.311 e. The fraction of sp³-hybridized carbons (Fsp3) is 0.571. The topological polar surface area (TPSA) is 78.4 Å². The second-order valence-corrected chi connectivity index (χ2v) is 5.22. The summed E-state index contributed by atoms with van der Waals surface area (Å²) in [5.74, 6) is 0.133. The molecule has 0 bridgehead atoms. The van der Waals surface area contributed by atoms with Crippen molar-refractivity contribution in [2.45, 2.75) is 25.7 Å². The minimum Gasteiger partial charge on any atom is -0.486 e. The zero-order valence-electron chi connectivity index (χ0n) is 11.3. The monoisotopic (exact) mass is 282 g/mol. The van der Waals surface area contributed by atoms with Gasteiger partial charge in [-0.2, -0.15) is 0 Å². The summed E-state index contributed by atoms with van der Waals surface area (Å²) in [5.41, 5.74) is 5.54. The van der Waals surface area contributed by atoms with Gasteiger partial charge >= 0.3 is 5.69 Å². The fourth-order valence-corrected chi connectivity index (χ4v) is 2.77. The maximum atomic E-state index is 13.2. The van der Waals surface area contributed by atoms with Gasteiger partial charge in [0.25, 0.3) is 0 Å². The van der Waals surface area contributed by atoms with Crippen molar-refractivity contribution in [3.63, 3.8) is 0 Å². The number of nitro benzene ring substituents is 1. The van der Waals surface area contributed by atoms with Gasteiger partial charge in [0.2, 0.25) is 0 Å². The molecule has 0 radical (unpaired) electrons. The minimum absolute atomic E-state index is 0.00338. The molecule has 1 aliphatic carbocycles. The van der Waals surface area contributed by atoms with Crippen LogP contribution in [0.2, 0.25) is 0 Å².